The van der Waals surface area contributed by atoms with Crippen molar-refractivity contribution in [2.75, 3.05) is 23.5 Å². The van der Waals surface area contributed by atoms with Crippen molar-refractivity contribution in [2.45, 2.75) is 50.3 Å². The van der Waals surface area contributed by atoms with Gasteiger partial charge in [0.25, 0.3) is 5.91 Å². The monoisotopic (exact) mass is 522 g/mol. The smallest absolute Gasteiger partial charge is 0.341 e. The van der Waals surface area contributed by atoms with E-state index in [0.717, 1.165) is 48.1 Å². The van der Waals surface area contributed by atoms with E-state index in [2.05, 4.69) is 10.6 Å². The number of thioether (sulfide) groups is 1. The van der Waals surface area contributed by atoms with Crippen LogP contribution in [0.25, 0.3) is 0 Å². The third-order valence-corrected chi connectivity index (χ3v) is 8.26. The molecule has 2 amide bonds. The van der Waals surface area contributed by atoms with E-state index in [0.29, 0.717) is 21.8 Å². The average molecular weight is 523 g/mol. The molecule has 1 aliphatic rings. The first-order valence-corrected chi connectivity index (χ1v) is 13.9. The first-order valence-electron chi connectivity index (χ1n) is 12.1. The number of esters is 1. The van der Waals surface area contributed by atoms with E-state index >= 15 is 0 Å². The van der Waals surface area contributed by atoms with Crippen LogP contribution in [-0.2, 0) is 22.4 Å². The van der Waals surface area contributed by atoms with Crippen molar-refractivity contribution in [3.8, 4) is 0 Å². The largest absolute Gasteiger partial charge is 0.465 e. The number of hydrogen-bond acceptors (Lipinski definition) is 6. The number of amides is 2. The Bertz CT molecular complexity index is 1270. The van der Waals surface area contributed by atoms with E-state index < -0.39 is 5.97 Å². The summed E-state index contributed by atoms with van der Waals surface area (Å²) < 4.78 is 5.04. The Morgan fingerprint density at radius 3 is 2.53 bits per heavy atom. The number of hydrogen-bond donors (Lipinski definition) is 2. The quantitative estimate of drug-likeness (QED) is 0.274. The maximum absolute atomic E-state index is 12.8. The third kappa shape index (κ3) is 6.56. The summed E-state index contributed by atoms with van der Waals surface area (Å²) in [5, 5.41) is 6.45. The molecule has 0 atom stereocenters. The number of methoxy groups -OCH3 is 1. The zero-order valence-electron chi connectivity index (χ0n) is 20.5. The van der Waals surface area contributed by atoms with E-state index in [-0.39, 0.29) is 17.6 Å². The number of ether oxygens (including phenoxy) is 1. The van der Waals surface area contributed by atoms with Crippen LogP contribution < -0.4 is 10.6 Å². The van der Waals surface area contributed by atoms with E-state index in [1.54, 1.807) is 6.07 Å². The zero-order valence-corrected chi connectivity index (χ0v) is 22.2. The van der Waals surface area contributed by atoms with Crippen molar-refractivity contribution >= 4 is 51.6 Å². The van der Waals surface area contributed by atoms with Gasteiger partial charge in [-0.25, -0.2) is 4.79 Å². The molecule has 36 heavy (non-hydrogen) atoms. The highest BCUT2D eigenvalue weighted by Gasteiger charge is 2.25. The third-order valence-electron chi connectivity index (χ3n) is 6.06. The van der Waals surface area contributed by atoms with Gasteiger partial charge in [-0.2, -0.15) is 0 Å². The molecule has 0 aliphatic heterocycles. The van der Waals surface area contributed by atoms with Gasteiger partial charge in [0.05, 0.1) is 18.4 Å². The Morgan fingerprint density at radius 1 is 0.972 bits per heavy atom. The highest BCUT2D eigenvalue weighted by molar-refractivity contribution is 8.00. The van der Waals surface area contributed by atoms with E-state index in [1.165, 1.54) is 41.5 Å². The lowest BCUT2D eigenvalue weighted by atomic mass is 9.96. The highest BCUT2D eigenvalue weighted by atomic mass is 32.2. The summed E-state index contributed by atoms with van der Waals surface area (Å²) in [7, 11) is 1.38. The van der Waals surface area contributed by atoms with Crippen LogP contribution in [0.2, 0.25) is 0 Å². The lowest BCUT2D eigenvalue weighted by Gasteiger charge is -2.11. The normalized spacial score (nSPS) is 13.2. The highest BCUT2D eigenvalue weighted by Crippen LogP contribution is 2.37. The molecule has 188 valence electrons. The molecular weight excluding hydrogens is 492 g/mol. The van der Waals surface area contributed by atoms with Gasteiger partial charge in [0.1, 0.15) is 5.00 Å². The minimum atomic E-state index is -0.395. The molecule has 1 aliphatic carbocycles. The fourth-order valence-corrected chi connectivity index (χ4v) is 6.34. The molecule has 0 saturated heterocycles. The average Bonchev–Trinajstić information content (AvgIpc) is 3.18. The molecule has 4 rings (SSSR count). The van der Waals surface area contributed by atoms with Crippen LogP contribution >= 0.6 is 23.1 Å². The van der Waals surface area contributed by atoms with E-state index in [9.17, 15) is 14.4 Å². The number of rotatable bonds is 7. The van der Waals surface area contributed by atoms with Crippen molar-refractivity contribution in [1.82, 2.24) is 0 Å². The number of benzene rings is 2. The fourth-order valence-electron chi connectivity index (χ4n) is 4.29. The Kier molecular flexibility index (Phi) is 8.83. The van der Waals surface area contributed by atoms with Crippen LogP contribution in [-0.4, -0.2) is 30.6 Å². The molecule has 3 aromatic rings. The maximum Gasteiger partial charge on any atom is 0.341 e. The number of carbonyl (C=O) groups excluding carboxylic acids is 3. The van der Waals surface area contributed by atoms with Gasteiger partial charge in [-0.05, 0) is 68.5 Å². The first kappa shape index (κ1) is 26.0. The van der Waals surface area contributed by atoms with E-state index in [1.807, 2.05) is 49.4 Å². The molecule has 0 unspecified atom stereocenters. The van der Waals surface area contributed by atoms with Crippen LogP contribution in [0.4, 0.5) is 10.7 Å². The lowest BCUT2D eigenvalue weighted by Crippen LogP contribution is -2.16. The summed E-state index contributed by atoms with van der Waals surface area (Å²) in [6.07, 6.45) is 6.23. The van der Waals surface area contributed by atoms with Crippen molar-refractivity contribution in [2.24, 2.45) is 0 Å². The summed E-state index contributed by atoms with van der Waals surface area (Å²) >= 11 is 2.87. The van der Waals surface area contributed by atoms with Gasteiger partial charge >= 0.3 is 5.97 Å². The maximum atomic E-state index is 12.8. The van der Waals surface area contributed by atoms with Crippen LogP contribution in [0.1, 0.15) is 62.4 Å². The van der Waals surface area contributed by atoms with Gasteiger partial charge < -0.3 is 15.4 Å². The van der Waals surface area contributed by atoms with Crippen molar-refractivity contribution < 1.29 is 19.1 Å². The first-order chi connectivity index (χ1) is 17.4. The second kappa shape index (κ2) is 12.2. The van der Waals surface area contributed by atoms with Gasteiger partial charge in [0.15, 0.2) is 0 Å². The standard InChI is InChI=1S/C28H30N2O4S2/c1-18-9-7-10-19(15-18)26(32)29-20-11-8-12-21(16-20)35-17-24(31)30-27-25(28(33)34-2)22-13-5-3-4-6-14-23(22)36-27/h7-12,15-16H,3-6,13-14,17H2,1-2H3,(H,29,32)(H,30,31). The molecule has 0 saturated carbocycles. The van der Waals surface area contributed by atoms with Crippen LogP contribution in [0.3, 0.4) is 0 Å². The van der Waals surface area contributed by atoms with Gasteiger partial charge in [-0.3, -0.25) is 9.59 Å². The molecule has 1 heterocycles. The van der Waals surface area contributed by atoms with Crippen LogP contribution in [0.5, 0.6) is 0 Å². The Hall–Kier alpha value is -3.10. The Balaban J connectivity index is 1.40. The lowest BCUT2D eigenvalue weighted by molar-refractivity contribution is -0.113. The molecule has 1 aromatic heterocycles. The minimum absolute atomic E-state index is 0.179. The second-order valence-corrected chi connectivity index (χ2v) is 11.0. The Morgan fingerprint density at radius 2 is 1.75 bits per heavy atom. The zero-order chi connectivity index (χ0) is 25.5. The van der Waals surface area contributed by atoms with Crippen molar-refractivity contribution in [3.05, 3.63) is 75.7 Å². The summed E-state index contributed by atoms with van der Waals surface area (Å²) in [6.45, 7) is 1.95. The molecular formula is C28H30N2O4S2. The minimum Gasteiger partial charge on any atom is -0.465 e. The number of aryl methyl sites for hydroxylation is 2. The number of thiophene rings is 1. The van der Waals surface area contributed by atoms with Gasteiger partial charge in [-0.15, -0.1) is 23.1 Å². The van der Waals surface area contributed by atoms with Gasteiger partial charge in [0, 0.05) is 21.0 Å². The van der Waals surface area contributed by atoms with Gasteiger partial charge in [0.2, 0.25) is 5.91 Å². The SMILES string of the molecule is COC(=O)c1c(NC(=O)CSc2cccc(NC(=O)c3cccc(C)c3)c2)sc2c1CCCCCC2. The summed E-state index contributed by atoms with van der Waals surface area (Å²) in [5.41, 5.74) is 3.83. The van der Waals surface area contributed by atoms with Gasteiger partial charge in [-0.1, -0.05) is 36.6 Å². The van der Waals surface area contributed by atoms with Crippen molar-refractivity contribution in [1.29, 1.82) is 0 Å². The summed E-state index contributed by atoms with van der Waals surface area (Å²) in [4.78, 5) is 40.0. The number of anilines is 2. The topological polar surface area (TPSA) is 84.5 Å². The van der Waals surface area contributed by atoms with Crippen LogP contribution in [0.15, 0.2) is 53.4 Å². The Labute approximate surface area is 219 Å². The molecule has 2 N–H and O–H groups in total. The molecule has 0 radical (unpaired) electrons. The molecule has 2 aromatic carbocycles. The molecule has 6 nitrogen and oxygen atoms in total. The number of carbonyl (C=O) groups is 3. The summed E-state index contributed by atoms with van der Waals surface area (Å²) in [5.74, 6) is -0.581. The number of nitrogens with one attached hydrogen (secondary N) is 2. The van der Waals surface area contributed by atoms with Crippen LogP contribution in [0, 0.1) is 6.92 Å². The molecule has 0 bridgehead atoms. The molecule has 0 spiro atoms. The summed E-state index contributed by atoms with van der Waals surface area (Å²) in [6, 6.07) is 14.8. The molecule has 0 fully saturated rings. The second-order valence-electron chi connectivity index (χ2n) is 8.80. The molecule has 8 heteroatoms. The predicted molar refractivity (Wildman–Crippen MR) is 146 cm³/mol. The van der Waals surface area contributed by atoms with E-state index in [4.69, 9.17) is 4.74 Å². The fraction of sp³-hybridized carbons (Fsp3) is 0.321. The number of fused-ring (bicyclic) bond motifs is 1. The van der Waals surface area contributed by atoms with Crippen molar-refractivity contribution in [3.63, 3.8) is 0 Å². The predicted octanol–water partition coefficient (Wildman–Crippen LogP) is 6.49.